The van der Waals surface area contributed by atoms with E-state index in [4.69, 9.17) is 32.7 Å². The molecular formula is C21H16Cl2N4O2. The van der Waals surface area contributed by atoms with Crippen molar-refractivity contribution in [3.63, 3.8) is 0 Å². The first-order chi connectivity index (χ1) is 14.1. The number of allylic oxidation sites excluding steroid dienone is 1. The minimum Gasteiger partial charge on any atom is -0.488 e. The molecule has 0 bridgehead atoms. The molecule has 0 aliphatic rings. The highest BCUT2D eigenvalue weighted by Crippen LogP contribution is 2.31. The molecule has 0 spiro atoms. The number of halogens is 2. The second kappa shape index (κ2) is 9.87. The quantitative estimate of drug-likeness (QED) is 0.501. The summed E-state index contributed by atoms with van der Waals surface area (Å²) in [7, 11) is 1.51. The van der Waals surface area contributed by atoms with Crippen LogP contribution >= 0.6 is 23.2 Å². The SMILES string of the molecule is COc1ncc(C(C#N)=Cc2c(Cl)cncc2Cl)cc1OCCc1ccccn1. The number of rotatable bonds is 7. The van der Waals surface area contributed by atoms with Crippen LogP contribution < -0.4 is 9.47 Å². The zero-order chi connectivity index (χ0) is 20.6. The molecule has 0 atom stereocenters. The van der Waals surface area contributed by atoms with Gasteiger partial charge in [-0.2, -0.15) is 5.26 Å². The summed E-state index contributed by atoms with van der Waals surface area (Å²) in [6.45, 7) is 0.381. The summed E-state index contributed by atoms with van der Waals surface area (Å²) in [6.07, 6.45) is 8.41. The van der Waals surface area contributed by atoms with Gasteiger partial charge in [-0.05, 0) is 24.3 Å². The van der Waals surface area contributed by atoms with Crippen LogP contribution in [0, 0.1) is 11.3 Å². The third-order valence-corrected chi connectivity index (χ3v) is 4.57. The number of methoxy groups -OCH3 is 1. The molecule has 0 unspecified atom stereocenters. The lowest BCUT2D eigenvalue weighted by atomic mass is 10.1. The van der Waals surface area contributed by atoms with Gasteiger partial charge in [0, 0.05) is 48.0 Å². The Hall–Kier alpha value is -3.14. The van der Waals surface area contributed by atoms with Crippen molar-refractivity contribution in [2.45, 2.75) is 6.42 Å². The van der Waals surface area contributed by atoms with E-state index >= 15 is 0 Å². The minimum absolute atomic E-state index is 0.324. The van der Waals surface area contributed by atoms with Gasteiger partial charge in [0.2, 0.25) is 0 Å². The first kappa shape index (κ1) is 20.6. The van der Waals surface area contributed by atoms with Gasteiger partial charge < -0.3 is 9.47 Å². The lowest BCUT2D eigenvalue weighted by molar-refractivity contribution is 0.290. The molecule has 0 saturated heterocycles. The fourth-order valence-electron chi connectivity index (χ4n) is 2.53. The maximum absolute atomic E-state index is 9.64. The first-order valence-electron chi connectivity index (χ1n) is 8.60. The van der Waals surface area contributed by atoms with Crippen LogP contribution in [0.4, 0.5) is 0 Å². The van der Waals surface area contributed by atoms with Crippen molar-refractivity contribution >= 4 is 34.9 Å². The number of hydrogen-bond donors (Lipinski definition) is 0. The number of pyridine rings is 3. The van der Waals surface area contributed by atoms with E-state index in [1.165, 1.54) is 25.7 Å². The van der Waals surface area contributed by atoms with Crippen LogP contribution in [0.25, 0.3) is 11.6 Å². The van der Waals surface area contributed by atoms with Crippen LogP contribution in [-0.4, -0.2) is 28.7 Å². The van der Waals surface area contributed by atoms with Crippen LogP contribution in [0.3, 0.4) is 0 Å². The lowest BCUT2D eigenvalue weighted by Crippen LogP contribution is -2.05. The van der Waals surface area contributed by atoms with Crippen LogP contribution in [0.1, 0.15) is 16.8 Å². The molecule has 3 aromatic heterocycles. The summed E-state index contributed by atoms with van der Waals surface area (Å²) in [5, 5.41) is 10.3. The molecular weight excluding hydrogens is 411 g/mol. The third kappa shape index (κ3) is 5.23. The summed E-state index contributed by atoms with van der Waals surface area (Å²) in [6, 6.07) is 9.55. The molecule has 0 N–H and O–H groups in total. The van der Waals surface area contributed by atoms with Gasteiger partial charge in [-0.1, -0.05) is 29.3 Å². The van der Waals surface area contributed by atoms with Crippen LogP contribution in [0.2, 0.25) is 10.0 Å². The molecule has 0 radical (unpaired) electrons. The molecule has 0 amide bonds. The van der Waals surface area contributed by atoms with Gasteiger partial charge in [-0.3, -0.25) is 9.97 Å². The fourth-order valence-corrected chi connectivity index (χ4v) is 3.01. The molecule has 8 heteroatoms. The summed E-state index contributed by atoms with van der Waals surface area (Å²) in [4.78, 5) is 12.4. The topological polar surface area (TPSA) is 80.9 Å². The van der Waals surface area contributed by atoms with Gasteiger partial charge in [0.05, 0.1) is 35.4 Å². The fraction of sp³-hybridized carbons (Fsp3) is 0.143. The van der Waals surface area contributed by atoms with E-state index < -0.39 is 0 Å². The van der Waals surface area contributed by atoms with Crippen LogP contribution in [-0.2, 0) is 6.42 Å². The maximum Gasteiger partial charge on any atom is 0.256 e. The van der Waals surface area contributed by atoms with Gasteiger partial charge in [0.25, 0.3) is 5.88 Å². The van der Waals surface area contributed by atoms with Crippen molar-refractivity contribution < 1.29 is 9.47 Å². The van der Waals surface area contributed by atoms with Crippen molar-refractivity contribution in [3.8, 4) is 17.7 Å². The van der Waals surface area contributed by atoms with Crippen molar-refractivity contribution in [1.82, 2.24) is 15.0 Å². The predicted molar refractivity (Wildman–Crippen MR) is 112 cm³/mol. The lowest BCUT2D eigenvalue weighted by Gasteiger charge is -2.11. The van der Waals surface area contributed by atoms with Crippen LogP contribution in [0.5, 0.6) is 11.6 Å². The largest absolute Gasteiger partial charge is 0.488 e. The van der Waals surface area contributed by atoms with E-state index in [0.29, 0.717) is 51.4 Å². The molecule has 0 aliphatic heterocycles. The van der Waals surface area contributed by atoms with Gasteiger partial charge in [-0.25, -0.2) is 4.98 Å². The molecule has 3 rings (SSSR count). The van der Waals surface area contributed by atoms with Crippen molar-refractivity contribution in [2.24, 2.45) is 0 Å². The Kier molecular flexibility index (Phi) is 7.01. The molecule has 146 valence electrons. The van der Waals surface area contributed by atoms with E-state index in [1.807, 2.05) is 18.2 Å². The zero-order valence-electron chi connectivity index (χ0n) is 15.5. The minimum atomic E-state index is 0.324. The Morgan fingerprint density at radius 2 is 1.97 bits per heavy atom. The Bertz CT molecular complexity index is 1050. The monoisotopic (exact) mass is 426 g/mol. The Morgan fingerprint density at radius 3 is 2.62 bits per heavy atom. The standard InChI is InChI=1S/C21H16Cl2N4O2/c1-28-21-20(29-7-5-16-4-2-3-6-26-16)9-15(11-27-21)14(10-24)8-17-18(22)12-25-13-19(17)23/h2-4,6,8-9,11-13H,5,7H2,1H3. The van der Waals surface area contributed by atoms with E-state index in [1.54, 1.807) is 18.3 Å². The third-order valence-electron chi connectivity index (χ3n) is 3.96. The second-order valence-electron chi connectivity index (χ2n) is 5.84. The van der Waals surface area contributed by atoms with Gasteiger partial charge in [-0.15, -0.1) is 0 Å². The number of aromatic nitrogens is 3. The van der Waals surface area contributed by atoms with Gasteiger partial charge in [0.15, 0.2) is 5.75 Å². The summed E-state index contributed by atoms with van der Waals surface area (Å²) in [5.74, 6) is 0.751. The van der Waals surface area contributed by atoms with Crippen molar-refractivity contribution in [1.29, 1.82) is 5.26 Å². The average Bonchev–Trinajstić information content (AvgIpc) is 2.74. The predicted octanol–water partition coefficient (Wildman–Crippen LogP) is 4.87. The van der Waals surface area contributed by atoms with Crippen LogP contribution in [0.15, 0.2) is 49.1 Å². The zero-order valence-corrected chi connectivity index (χ0v) is 17.0. The van der Waals surface area contributed by atoms with E-state index in [-0.39, 0.29) is 0 Å². The molecule has 3 heterocycles. The molecule has 29 heavy (non-hydrogen) atoms. The summed E-state index contributed by atoms with van der Waals surface area (Å²) in [5.41, 5.74) is 2.29. The van der Waals surface area contributed by atoms with E-state index in [0.717, 1.165) is 5.69 Å². The number of hydrogen-bond acceptors (Lipinski definition) is 6. The smallest absolute Gasteiger partial charge is 0.256 e. The highest BCUT2D eigenvalue weighted by Gasteiger charge is 2.12. The average molecular weight is 427 g/mol. The first-order valence-corrected chi connectivity index (χ1v) is 9.36. The summed E-state index contributed by atoms with van der Waals surface area (Å²) < 4.78 is 11.1. The van der Waals surface area contributed by atoms with Crippen molar-refractivity contribution in [3.05, 3.63) is 75.9 Å². The second-order valence-corrected chi connectivity index (χ2v) is 6.65. The number of ether oxygens (including phenoxy) is 2. The molecule has 3 aromatic rings. The highest BCUT2D eigenvalue weighted by molar-refractivity contribution is 6.37. The Morgan fingerprint density at radius 1 is 1.17 bits per heavy atom. The van der Waals surface area contributed by atoms with Gasteiger partial charge in [0.1, 0.15) is 0 Å². The summed E-state index contributed by atoms with van der Waals surface area (Å²) >= 11 is 12.3. The molecule has 0 aromatic carbocycles. The van der Waals surface area contributed by atoms with Gasteiger partial charge >= 0.3 is 0 Å². The Balaban J connectivity index is 1.86. The highest BCUT2D eigenvalue weighted by atomic mass is 35.5. The maximum atomic E-state index is 9.64. The molecule has 6 nitrogen and oxygen atoms in total. The molecule has 0 fully saturated rings. The Labute approximate surface area is 178 Å². The normalized spacial score (nSPS) is 11.0. The molecule has 0 saturated carbocycles. The van der Waals surface area contributed by atoms with E-state index in [2.05, 4.69) is 21.0 Å². The number of nitriles is 1. The number of nitrogens with zero attached hydrogens (tertiary/aromatic N) is 4. The van der Waals surface area contributed by atoms with Crippen molar-refractivity contribution in [2.75, 3.05) is 13.7 Å². The van der Waals surface area contributed by atoms with E-state index in [9.17, 15) is 5.26 Å². The molecule has 0 aliphatic carbocycles.